The Bertz CT molecular complexity index is 474. The average Bonchev–Trinajstić information content (AvgIpc) is 2.67. The van der Waals surface area contributed by atoms with Crippen molar-refractivity contribution in [3.05, 3.63) is 70.8 Å². The summed E-state index contributed by atoms with van der Waals surface area (Å²) in [6.07, 6.45) is 4.77. The van der Waals surface area contributed by atoms with Crippen molar-refractivity contribution in [1.29, 1.82) is 0 Å². The molecule has 0 atom stereocenters. The number of hydrogen-bond donors (Lipinski definition) is 0. The Morgan fingerprint density at radius 1 is 0.583 bits per heavy atom. The van der Waals surface area contributed by atoms with Gasteiger partial charge in [-0.1, -0.05) is 103 Å². The van der Waals surface area contributed by atoms with Gasteiger partial charge in [0.05, 0.1) is 0 Å². The first-order valence-electron chi connectivity index (χ1n) is 9.84. The van der Waals surface area contributed by atoms with Crippen LogP contribution in [0.2, 0.25) is 0 Å². The second-order valence-electron chi connectivity index (χ2n) is 5.15. The molecular formula is C24H40. The third kappa shape index (κ3) is 10.3. The standard InChI is InChI=1S/2C10H14.2C2H6/c1-3-6-10-8-5-4-7-9(10)2;1-3-9-7-5-6-8-10(9)4-2;2*1-2/h4-5,7-8H,3,6H2,1-2H3;5-8H,3-4H2,1-2H3;2*1-2H3. The molecule has 0 aromatic heterocycles. The quantitative estimate of drug-likeness (QED) is 0.537. The van der Waals surface area contributed by atoms with Gasteiger partial charge in [0.2, 0.25) is 0 Å². The minimum atomic E-state index is 1.16. The van der Waals surface area contributed by atoms with Crippen LogP contribution in [0.1, 0.15) is 77.1 Å². The summed E-state index contributed by atoms with van der Waals surface area (Å²) in [6.45, 7) is 16.8. The van der Waals surface area contributed by atoms with Crippen LogP contribution in [0.3, 0.4) is 0 Å². The Kier molecular flexibility index (Phi) is 18.3. The highest BCUT2D eigenvalue weighted by molar-refractivity contribution is 5.26. The van der Waals surface area contributed by atoms with Crippen LogP contribution < -0.4 is 0 Å². The summed E-state index contributed by atoms with van der Waals surface area (Å²) in [6, 6.07) is 17.2. The molecule has 0 radical (unpaired) electrons. The Labute approximate surface area is 152 Å². The largest absolute Gasteiger partial charge is 0.0683 e. The van der Waals surface area contributed by atoms with E-state index in [9.17, 15) is 0 Å². The molecule has 2 aromatic carbocycles. The minimum Gasteiger partial charge on any atom is -0.0683 e. The van der Waals surface area contributed by atoms with Crippen molar-refractivity contribution in [3.63, 3.8) is 0 Å². The fraction of sp³-hybridized carbons (Fsp3) is 0.500. The summed E-state index contributed by atoms with van der Waals surface area (Å²) in [4.78, 5) is 0. The summed E-state index contributed by atoms with van der Waals surface area (Å²) >= 11 is 0. The van der Waals surface area contributed by atoms with Crippen LogP contribution >= 0.6 is 0 Å². The topological polar surface area (TPSA) is 0 Å². The predicted octanol–water partition coefficient (Wildman–Crippen LogP) is 7.81. The zero-order valence-electron chi connectivity index (χ0n) is 17.4. The van der Waals surface area contributed by atoms with Crippen LogP contribution in [0.15, 0.2) is 48.5 Å². The second-order valence-corrected chi connectivity index (χ2v) is 5.15. The molecule has 2 rings (SSSR count). The fourth-order valence-corrected chi connectivity index (χ4v) is 2.41. The van der Waals surface area contributed by atoms with Crippen LogP contribution in [-0.4, -0.2) is 0 Å². The molecule has 0 bridgehead atoms. The van der Waals surface area contributed by atoms with Crippen LogP contribution in [0.5, 0.6) is 0 Å². The van der Waals surface area contributed by atoms with E-state index < -0.39 is 0 Å². The summed E-state index contributed by atoms with van der Waals surface area (Å²) < 4.78 is 0. The molecule has 2 aromatic rings. The summed E-state index contributed by atoms with van der Waals surface area (Å²) in [5.74, 6) is 0. The molecule has 0 saturated carbocycles. The Hall–Kier alpha value is -1.56. The lowest BCUT2D eigenvalue weighted by atomic mass is 10.0. The van der Waals surface area contributed by atoms with Crippen molar-refractivity contribution in [3.8, 4) is 0 Å². The fourth-order valence-electron chi connectivity index (χ4n) is 2.41. The van der Waals surface area contributed by atoms with E-state index in [2.05, 4.69) is 76.2 Å². The molecule has 0 spiro atoms. The monoisotopic (exact) mass is 328 g/mol. The average molecular weight is 329 g/mol. The first kappa shape index (κ1) is 24.7. The number of benzene rings is 2. The molecule has 0 unspecified atom stereocenters. The molecule has 0 aliphatic rings. The molecule has 0 aliphatic heterocycles. The molecule has 0 nitrogen and oxygen atoms in total. The van der Waals surface area contributed by atoms with Crippen molar-refractivity contribution in [2.24, 2.45) is 0 Å². The minimum absolute atomic E-state index is 1.16. The van der Waals surface area contributed by atoms with Gasteiger partial charge >= 0.3 is 0 Å². The number of rotatable bonds is 4. The first-order valence-corrected chi connectivity index (χ1v) is 9.84. The van der Waals surface area contributed by atoms with E-state index >= 15 is 0 Å². The van der Waals surface area contributed by atoms with Gasteiger partial charge in [-0.05, 0) is 48.4 Å². The lowest BCUT2D eigenvalue weighted by molar-refractivity contribution is 0.913. The van der Waals surface area contributed by atoms with E-state index in [0.717, 1.165) is 12.8 Å². The van der Waals surface area contributed by atoms with Crippen molar-refractivity contribution in [1.82, 2.24) is 0 Å². The Morgan fingerprint density at radius 3 is 1.29 bits per heavy atom. The Balaban J connectivity index is 0. The molecule has 0 aliphatic carbocycles. The molecule has 136 valence electrons. The van der Waals surface area contributed by atoms with Crippen molar-refractivity contribution in [2.45, 2.75) is 81.1 Å². The van der Waals surface area contributed by atoms with Crippen molar-refractivity contribution < 1.29 is 0 Å². The summed E-state index contributed by atoms with van der Waals surface area (Å²) in [5.41, 5.74) is 5.89. The van der Waals surface area contributed by atoms with E-state index in [1.807, 2.05) is 27.7 Å². The molecule has 0 amide bonds. The van der Waals surface area contributed by atoms with Gasteiger partial charge in [0.1, 0.15) is 0 Å². The number of aryl methyl sites for hydroxylation is 4. The van der Waals surface area contributed by atoms with Gasteiger partial charge in [-0.15, -0.1) is 0 Å². The van der Waals surface area contributed by atoms with Crippen LogP contribution in [0.25, 0.3) is 0 Å². The van der Waals surface area contributed by atoms with Crippen LogP contribution in [-0.2, 0) is 19.3 Å². The van der Waals surface area contributed by atoms with Gasteiger partial charge < -0.3 is 0 Å². The smallest absolute Gasteiger partial charge is 0.0279 e. The summed E-state index contributed by atoms with van der Waals surface area (Å²) in [5, 5.41) is 0. The number of hydrogen-bond acceptors (Lipinski definition) is 0. The molecule has 0 saturated heterocycles. The van der Waals surface area contributed by atoms with Crippen molar-refractivity contribution >= 4 is 0 Å². The van der Waals surface area contributed by atoms with E-state index in [4.69, 9.17) is 0 Å². The summed E-state index contributed by atoms with van der Waals surface area (Å²) in [7, 11) is 0. The van der Waals surface area contributed by atoms with Crippen molar-refractivity contribution in [2.75, 3.05) is 0 Å². The molecule has 0 fully saturated rings. The highest BCUT2D eigenvalue weighted by Crippen LogP contribution is 2.09. The van der Waals surface area contributed by atoms with E-state index in [0.29, 0.717) is 0 Å². The van der Waals surface area contributed by atoms with Gasteiger partial charge in [-0.25, -0.2) is 0 Å². The third-order valence-electron chi connectivity index (χ3n) is 3.66. The zero-order chi connectivity index (χ0) is 18.8. The first-order chi connectivity index (χ1) is 11.7. The van der Waals surface area contributed by atoms with E-state index in [1.54, 1.807) is 0 Å². The van der Waals surface area contributed by atoms with E-state index in [-0.39, 0.29) is 0 Å². The lowest BCUT2D eigenvalue weighted by Gasteiger charge is -2.02. The molecular weight excluding hydrogens is 288 g/mol. The third-order valence-corrected chi connectivity index (χ3v) is 3.66. The van der Waals surface area contributed by atoms with Gasteiger partial charge in [0.25, 0.3) is 0 Å². The van der Waals surface area contributed by atoms with Gasteiger partial charge in [0.15, 0.2) is 0 Å². The molecule has 24 heavy (non-hydrogen) atoms. The van der Waals surface area contributed by atoms with Gasteiger partial charge in [0, 0.05) is 0 Å². The maximum Gasteiger partial charge on any atom is -0.0279 e. The molecule has 0 heterocycles. The predicted molar refractivity (Wildman–Crippen MR) is 113 cm³/mol. The SMILES string of the molecule is CC.CC.CCCc1ccccc1C.CCc1ccccc1CC. The lowest BCUT2D eigenvalue weighted by Crippen LogP contribution is -1.88. The second kappa shape index (κ2) is 17.8. The maximum absolute atomic E-state index is 2.21. The Morgan fingerprint density at radius 2 is 0.958 bits per heavy atom. The van der Waals surface area contributed by atoms with Crippen LogP contribution in [0, 0.1) is 6.92 Å². The highest BCUT2D eigenvalue weighted by Gasteiger charge is 1.94. The normalized spacial score (nSPS) is 8.67. The highest BCUT2D eigenvalue weighted by atomic mass is 14.0. The van der Waals surface area contributed by atoms with Crippen LogP contribution in [0.4, 0.5) is 0 Å². The maximum atomic E-state index is 2.21. The van der Waals surface area contributed by atoms with Gasteiger partial charge in [-0.3, -0.25) is 0 Å². The molecule has 0 heteroatoms. The van der Waals surface area contributed by atoms with Gasteiger partial charge in [-0.2, -0.15) is 0 Å². The zero-order valence-corrected chi connectivity index (χ0v) is 17.4. The molecule has 0 N–H and O–H groups in total. The van der Waals surface area contributed by atoms with E-state index in [1.165, 1.54) is 35.1 Å².